The Hall–Kier alpha value is -2.40. The average Bonchev–Trinajstić information content (AvgIpc) is 3.18. The van der Waals surface area contributed by atoms with Gasteiger partial charge in [0.05, 0.1) is 6.54 Å². The minimum absolute atomic E-state index is 0.522. The maximum Gasteiger partial charge on any atom is 0.122 e. The van der Waals surface area contributed by atoms with Crippen molar-refractivity contribution in [3.05, 3.63) is 72.6 Å². The summed E-state index contributed by atoms with van der Waals surface area (Å²) >= 11 is 0. The van der Waals surface area contributed by atoms with Gasteiger partial charge in [0.2, 0.25) is 0 Å². The molecule has 1 aromatic carbocycles. The Morgan fingerprint density at radius 1 is 1.00 bits per heavy atom. The highest BCUT2D eigenvalue weighted by atomic mass is 15.3. The monoisotopic (exact) mass is 307 g/mol. The molecule has 2 aromatic heterocycles. The van der Waals surface area contributed by atoms with Crippen molar-refractivity contribution in [2.75, 3.05) is 6.54 Å². The van der Waals surface area contributed by atoms with Crippen LogP contribution in [0.3, 0.4) is 0 Å². The van der Waals surface area contributed by atoms with E-state index in [1.165, 1.54) is 5.56 Å². The third-order valence-corrected chi connectivity index (χ3v) is 4.39. The molecule has 1 aliphatic rings. The summed E-state index contributed by atoms with van der Waals surface area (Å²) in [5.41, 5.74) is 1.35. The topological polar surface area (TPSA) is 38.9 Å². The van der Waals surface area contributed by atoms with Gasteiger partial charge in [-0.1, -0.05) is 30.3 Å². The minimum atomic E-state index is 0.522. The zero-order valence-electron chi connectivity index (χ0n) is 13.1. The Kier molecular flexibility index (Phi) is 3.94. The predicted octanol–water partition coefficient (Wildman–Crippen LogP) is 2.41. The molecule has 3 heterocycles. The van der Waals surface area contributed by atoms with Gasteiger partial charge >= 0.3 is 0 Å². The van der Waals surface area contributed by atoms with Crippen molar-refractivity contribution in [2.24, 2.45) is 5.92 Å². The second-order valence-corrected chi connectivity index (χ2v) is 6.25. The largest absolute Gasteiger partial charge is 0.333 e. The lowest BCUT2D eigenvalue weighted by Gasteiger charge is -2.23. The van der Waals surface area contributed by atoms with Gasteiger partial charge in [-0.25, -0.2) is 4.98 Å². The number of aromatic nitrogens is 4. The Balaban J connectivity index is 1.54. The van der Waals surface area contributed by atoms with Gasteiger partial charge in [0.25, 0.3) is 0 Å². The molecule has 0 amide bonds. The maximum absolute atomic E-state index is 4.54. The third kappa shape index (κ3) is 3.35. The number of fused-ring (bicyclic) bond motifs is 1. The summed E-state index contributed by atoms with van der Waals surface area (Å²) in [7, 11) is 0. The molecule has 3 aromatic rings. The van der Waals surface area contributed by atoms with Crippen LogP contribution in [0.15, 0.2) is 61.2 Å². The van der Waals surface area contributed by atoms with Gasteiger partial charge in [-0.15, -0.1) is 0 Å². The van der Waals surface area contributed by atoms with Crippen molar-refractivity contribution in [1.82, 2.24) is 24.2 Å². The van der Waals surface area contributed by atoms with Crippen LogP contribution in [0.25, 0.3) is 0 Å². The molecule has 0 bridgehead atoms. The van der Waals surface area contributed by atoms with Crippen LogP contribution in [0.5, 0.6) is 0 Å². The van der Waals surface area contributed by atoms with E-state index in [1.54, 1.807) is 0 Å². The number of hydrogen-bond donors (Lipinski definition) is 0. The van der Waals surface area contributed by atoms with E-state index in [1.807, 2.05) is 29.3 Å². The molecule has 0 N–H and O–H groups in total. The van der Waals surface area contributed by atoms with Crippen molar-refractivity contribution in [3.63, 3.8) is 0 Å². The van der Waals surface area contributed by atoms with Crippen molar-refractivity contribution in [3.8, 4) is 0 Å². The summed E-state index contributed by atoms with van der Waals surface area (Å²) in [6.07, 6.45) is 7.89. The molecule has 23 heavy (non-hydrogen) atoms. The van der Waals surface area contributed by atoms with Crippen LogP contribution in [0.1, 0.15) is 11.4 Å². The number of benzene rings is 1. The Labute approximate surface area is 136 Å². The van der Waals surface area contributed by atoms with Gasteiger partial charge in [0.15, 0.2) is 0 Å². The van der Waals surface area contributed by atoms with Gasteiger partial charge in [-0.2, -0.15) is 5.10 Å². The molecule has 0 radical (unpaired) electrons. The molecule has 1 atom stereocenters. The number of rotatable bonds is 4. The zero-order valence-corrected chi connectivity index (χ0v) is 13.1. The molecule has 0 aliphatic carbocycles. The summed E-state index contributed by atoms with van der Waals surface area (Å²) in [6.45, 7) is 4.86. The van der Waals surface area contributed by atoms with Crippen LogP contribution in [-0.2, 0) is 26.2 Å². The Morgan fingerprint density at radius 3 is 2.74 bits per heavy atom. The zero-order chi connectivity index (χ0) is 15.5. The lowest BCUT2D eigenvalue weighted by atomic mass is 10.1. The van der Waals surface area contributed by atoms with E-state index >= 15 is 0 Å². The first-order chi connectivity index (χ1) is 11.4. The van der Waals surface area contributed by atoms with Gasteiger partial charge < -0.3 is 4.57 Å². The highest BCUT2D eigenvalue weighted by molar-refractivity contribution is 5.14. The minimum Gasteiger partial charge on any atom is -0.333 e. The maximum atomic E-state index is 4.54. The van der Waals surface area contributed by atoms with Crippen LogP contribution in [0.2, 0.25) is 0 Å². The van der Waals surface area contributed by atoms with Crippen molar-refractivity contribution < 1.29 is 0 Å². The molecule has 0 fully saturated rings. The standard InChI is InChI=1S/C18H21N5/c1-2-5-16(6-3-1)11-21-12-17(14-23-9-4-7-20-23)13-22-10-8-19-18(22)15-21/h1-10,17H,11-15H2. The molecule has 1 unspecified atom stereocenters. The van der Waals surface area contributed by atoms with Crippen LogP contribution >= 0.6 is 0 Å². The van der Waals surface area contributed by atoms with Crippen LogP contribution in [0, 0.1) is 5.92 Å². The quantitative estimate of drug-likeness (QED) is 0.743. The summed E-state index contributed by atoms with van der Waals surface area (Å²) in [4.78, 5) is 7.03. The molecular formula is C18H21N5. The lowest BCUT2D eigenvalue weighted by Crippen LogP contribution is -2.30. The molecule has 5 heteroatoms. The van der Waals surface area contributed by atoms with E-state index in [0.717, 1.165) is 38.5 Å². The molecule has 0 saturated carbocycles. The van der Waals surface area contributed by atoms with Crippen LogP contribution < -0.4 is 0 Å². The first-order valence-corrected chi connectivity index (χ1v) is 8.10. The molecule has 4 rings (SSSR count). The highest BCUT2D eigenvalue weighted by Gasteiger charge is 2.22. The number of nitrogens with zero attached hydrogens (tertiary/aromatic N) is 5. The normalized spacial score (nSPS) is 18.5. The SMILES string of the molecule is c1ccc(CN2Cc3nccn3CC(Cn3cccn3)C2)cc1. The number of hydrogen-bond acceptors (Lipinski definition) is 3. The van der Waals surface area contributed by atoms with Crippen molar-refractivity contribution >= 4 is 0 Å². The fraction of sp³-hybridized carbons (Fsp3) is 0.333. The molecule has 0 spiro atoms. The van der Waals surface area contributed by atoms with Gasteiger partial charge in [0, 0.05) is 56.9 Å². The fourth-order valence-electron chi connectivity index (χ4n) is 3.37. The first-order valence-electron chi connectivity index (χ1n) is 8.10. The van der Waals surface area contributed by atoms with Crippen LogP contribution in [-0.4, -0.2) is 30.8 Å². The van der Waals surface area contributed by atoms with Gasteiger partial charge in [-0.05, 0) is 11.6 Å². The summed E-state index contributed by atoms with van der Waals surface area (Å²) in [5.74, 6) is 1.68. The van der Waals surface area contributed by atoms with Crippen LogP contribution in [0.4, 0.5) is 0 Å². The smallest absolute Gasteiger partial charge is 0.122 e. The lowest BCUT2D eigenvalue weighted by molar-refractivity contribution is 0.205. The summed E-state index contributed by atoms with van der Waals surface area (Å²) in [6, 6.07) is 12.7. The van der Waals surface area contributed by atoms with E-state index in [2.05, 4.69) is 56.1 Å². The average molecular weight is 307 g/mol. The second-order valence-electron chi connectivity index (χ2n) is 6.25. The summed E-state index contributed by atoms with van der Waals surface area (Å²) < 4.78 is 4.33. The van der Waals surface area contributed by atoms with E-state index in [9.17, 15) is 0 Å². The Bertz CT molecular complexity index is 732. The number of imidazole rings is 1. The molecule has 0 saturated heterocycles. The molecule has 118 valence electrons. The van der Waals surface area contributed by atoms with Gasteiger partial charge in [0.1, 0.15) is 5.82 Å². The van der Waals surface area contributed by atoms with Crippen molar-refractivity contribution in [2.45, 2.75) is 26.2 Å². The van der Waals surface area contributed by atoms with E-state index < -0.39 is 0 Å². The highest BCUT2D eigenvalue weighted by Crippen LogP contribution is 2.19. The third-order valence-electron chi connectivity index (χ3n) is 4.39. The molecular weight excluding hydrogens is 286 g/mol. The first kappa shape index (κ1) is 14.2. The van der Waals surface area contributed by atoms with E-state index in [-0.39, 0.29) is 0 Å². The van der Waals surface area contributed by atoms with Gasteiger partial charge in [-0.3, -0.25) is 9.58 Å². The fourth-order valence-corrected chi connectivity index (χ4v) is 3.37. The Morgan fingerprint density at radius 2 is 1.91 bits per heavy atom. The second kappa shape index (κ2) is 6.38. The van der Waals surface area contributed by atoms with E-state index in [0.29, 0.717) is 5.92 Å². The summed E-state index contributed by atoms with van der Waals surface area (Å²) in [5, 5.41) is 4.37. The predicted molar refractivity (Wildman–Crippen MR) is 88.5 cm³/mol. The molecule has 1 aliphatic heterocycles. The van der Waals surface area contributed by atoms with Crippen molar-refractivity contribution in [1.29, 1.82) is 0 Å². The molecule has 5 nitrogen and oxygen atoms in total. The van der Waals surface area contributed by atoms with E-state index in [4.69, 9.17) is 0 Å².